The van der Waals surface area contributed by atoms with E-state index in [4.69, 9.17) is 23.2 Å². The molecule has 0 saturated heterocycles. The van der Waals surface area contributed by atoms with Gasteiger partial charge in [0.05, 0.1) is 10.6 Å². The largest absolute Gasteiger partial charge is 0.352 e. The quantitative estimate of drug-likeness (QED) is 0.258. The van der Waals surface area contributed by atoms with Crippen molar-refractivity contribution < 1.29 is 22.4 Å². The van der Waals surface area contributed by atoms with Crippen molar-refractivity contribution in [2.24, 2.45) is 0 Å². The van der Waals surface area contributed by atoms with Crippen LogP contribution in [0.5, 0.6) is 0 Å². The highest BCUT2D eigenvalue weighted by atomic mass is 35.5. The SMILES string of the molecule is CC[C@@H](C(=O)NC1CCCCC1)N(Cc1c(Cl)cccc1Cl)C(=O)CN(c1ccccc1F)S(=O)(=O)c1ccccc1. The van der Waals surface area contributed by atoms with Crippen molar-refractivity contribution in [2.75, 3.05) is 10.8 Å². The summed E-state index contributed by atoms with van der Waals surface area (Å²) in [6.45, 7) is 0.868. The van der Waals surface area contributed by atoms with Gasteiger partial charge in [-0.2, -0.15) is 0 Å². The monoisotopic (exact) mass is 633 g/mol. The zero-order valence-corrected chi connectivity index (χ0v) is 25.6. The number of amides is 2. The number of halogens is 3. The molecule has 1 saturated carbocycles. The van der Waals surface area contributed by atoms with Gasteiger partial charge >= 0.3 is 0 Å². The van der Waals surface area contributed by atoms with Crippen LogP contribution in [0.4, 0.5) is 10.1 Å². The second kappa shape index (κ2) is 14.4. The first-order chi connectivity index (χ1) is 20.1. The van der Waals surface area contributed by atoms with E-state index in [9.17, 15) is 18.0 Å². The lowest BCUT2D eigenvalue weighted by molar-refractivity contribution is -0.140. The van der Waals surface area contributed by atoms with Gasteiger partial charge in [-0.1, -0.05) is 85.8 Å². The summed E-state index contributed by atoms with van der Waals surface area (Å²) >= 11 is 12.9. The predicted octanol–water partition coefficient (Wildman–Crippen LogP) is 6.58. The van der Waals surface area contributed by atoms with Crippen LogP contribution in [-0.2, 0) is 26.2 Å². The fourth-order valence-corrected chi connectivity index (χ4v) is 7.16. The number of hydrogen-bond acceptors (Lipinski definition) is 4. The Bertz CT molecular complexity index is 1480. The number of nitrogens with zero attached hydrogens (tertiary/aromatic N) is 2. The maximum Gasteiger partial charge on any atom is 0.264 e. The Morgan fingerprint density at radius 3 is 2.17 bits per heavy atom. The van der Waals surface area contributed by atoms with E-state index in [1.807, 2.05) is 0 Å². The van der Waals surface area contributed by atoms with Crippen LogP contribution in [0.2, 0.25) is 10.0 Å². The third-order valence-corrected chi connectivity index (χ3v) is 9.94. The molecule has 0 heterocycles. The van der Waals surface area contributed by atoms with Gasteiger partial charge in [0.2, 0.25) is 11.8 Å². The van der Waals surface area contributed by atoms with Crippen molar-refractivity contribution in [2.45, 2.75) is 69.0 Å². The lowest BCUT2D eigenvalue weighted by Gasteiger charge is -2.34. The van der Waals surface area contributed by atoms with Gasteiger partial charge in [-0.05, 0) is 55.7 Å². The van der Waals surface area contributed by atoms with Gasteiger partial charge in [-0.15, -0.1) is 0 Å². The topological polar surface area (TPSA) is 86.8 Å². The molecule has 3 aromatic carbocycles. The van der Waals surface area contributed by atoms with Crippen LogP contribution in [0.25, 0.3) is 0 Å². The van der Waals surface area contributed by atoms with Crippen LogP contribution >= 0.6 is 23.2 Å². The van der Waals surface area contributed by atoms with Gasteiger partial charge in [0.25, 0.3) is 10.0 Å². The molecule has 7 nitrogen and oxygen atoms in total. The van der Waals surface area contributed by atoms with E-state index in [2.05, 4.69) is 5.32 Å². The molecule has 1 aliphatic carbocycles. The number of carbonyl (C=O) groups is 2. The number of nitrogens with one attached hydrogen (secondary N) is 1. The maximum atomic E-state index is 15.1. The first-order valence-electron chi connectivity index (χ1n) is 14.0. The van der Waals surface area contributed by atoms with E-state index in [-0.39, 0.29) is 35.5 Å². The molecule has 1 aliphatic rings. The van der Waals surface area contributed by atoms with Crippen LogP contribution in [-0.4, -0.2) is 43.8 Å². The zero-order valence-electron chi connectivity index (χ0n) is 23.3. The zero-order chi connectivity index (χ0) is 30.3. The summed E-state index contributed by atoms with van der Waals surface area (Å²) in [6.07, 6.45) is 5.08. The second-order valence-electron chi connectivity index (χ2n) is 10.3. The third-order valence-electron chi connectivity index (χ3n) is 7.46. The third kappa shape index (κ3) is 7.43. The lowest BCUT2D eigenvalue weighted by atomic mass is 9.95. The predicted molar refractivity (Wildman–Crippen MR) is 163 cm³/mol. The summed E-state index contributed by atoms with van der Waals surface area (Å²) < 4.78 is 43.4. The summed E-state index contributed by atoms with van der Waals surface area (Å²) in [5.74, 6) is -1.86. The van der Waals surface area contributed by atoms with E-state index in [0.717, 1.165) is 42.5 Å². The van der Waals surface area contributed by atoms with Crippen molar-refractivity contribution >= 4 is 50.7 Å². The Morgan fingerprint density at radius 2 is 1.55 bits per heavy atom. The number of benzene rings is 3. The summed E-state index contributed by atoms with van der Waals surface area (Å²) in [7, 11) is -4.38. The van der Waals surface area contributed by atoms with Crippen molar-refractivity contribution in [1.82, 2.24) is 10.2 Å². The first kappa shape index (κ1) is 31.8. The van der Waals surface area contributed by atoms with E-state index in [0.29, 0.717) is 15.6 Å². The van der Waals surface area contributed by atoms with E-state index < -0.39 is 34.3 Å². The Morgan fingerprint density at radius 1 is 0.929 bits per heavy atom. The van der Waals surface area contributed by atoms with Gasteiger partial charge in [-0.3, -0.25) is 13.9 Å². The summed E-state index contributed by atoms with van der Waals surface area (Å²) in [5, 5.41) is 3.67. The van der Waals surface area contributed by atoms with Crippen LogP contribution in [0.1, 0.15) is 51.0 Å². The molecule has 0 radical (unpaired) electrons. The minimum Gasteiger partial charge on any atom is -0.352 e. The average molecular weight is 635 g/mol. The normalized spacial score (nSPS) is 14.7. The fraction of sp³-hybridized carbons (Fsp3) is 0.355. The molecule has 42 heavy (non-hydrogen) atoms. The van der Waals surface area contributed by atoms with E-state index >= 15 is 4.39 Å². The maximum absolute atomic E-state index is 15.1. The highest BCUT2D eigenvalue weighted by Crippen LogP contribution is 2.30. The highest BCUT2D eigenvalue weighted by molar-refractivity contribution is 7.92. The van der Waals surface area contributed by atoms with Crippen LogP contribution in [0.3, 0.4) is 0 Å². The molecule has 224 valence electrons. The lowest BCUT2D eigenvalue weighted by Crippen LogP contribution is -2.54. The number of para-hydroxylation sites is 1. The van der Waals surface area contributed by atoms with E-state index in [1.54, 1.807) is 43.3 Å². The number of rotatable bonds is 11. The molecule has 0 unspecified atom stereocenters. The summed E-state index contributed by atoms with van der Waals surface area (Å²) in [6, 6.07) is 16.8. The smallest absolute Gasteiger partial charge is 0.264 e. The first-order valence-corrected chi connectivity index (χ1v) is 16.2. The molecule has 0 aromatic heterocycles. The number of carbonyl (C=O) groups excluding carboxylic acids is 2. The average Bonchev–Trinajstić information content (AvgIpc) is 2.98. The number of hydrogen-bond donors (Lipinski definition) is 1. The molecule has 3 aromatic rings. The summed E-state index contributed by atoms with van der Waals surface area (Å²) in [5.41, 5.74) is 0.131. The van der Waals surface area contributed by atoms with Gasteiger partial charge < -0.3 is 10.2 Å². The molecule has 11 heteroatoms. The standard InChI is InChI=1S/C31H34Cl2FN3O4S/c1-2-28(31(39)35-22-12-5-3-6-13-22)36(20-24-25(32)16-11-17-26(24)33)30(38)21-37(29-19-10-9-18-27(29)34)42(40,41)23-14-7-4-8-15-23/h4,7-11,14-19,22,28H,2-3,5-6,12-13,20-21H2,1H3,(H,35,39)/t28-/m0/s1. The Kier molecular flexibility index (Phi) is 10.9. The Labute approximate surface area is 256 Å². The van der Waals surface area contributed by atoms with Crippen molar-refractivity contribution in [3.63, 3.8) is 0 Å². The van der Waals surface area contributed by atoms with Gasteiger partial charge in [0, 0.05) is 28.2 Å². The number of sulfonamides is 1. The minimum atomic E-state index is -4.38. The van der Waals surface area contributed by atoms with Crippen LogP contribution in [0.15, 0.2) is 77.7 Å². The second-order valence-corrected chi connectivity index (χ2v) is 12.9. The van der Waals surface area contributed by atoms with Crippen molar-refractivity contribution in [3.8, 4) is 0 Å². The van der Waals surface area contributed by atoms with Crippen LogP contribution < -0.4 is 9.62 Å². The highest BCUT2D eigenvalue weighted by Gasteiger charge is 2.35. The Hall–Kier alpha value is -3.14. The molecular formula is C31H34Cl2FN3O4S. The molecule has 1 N–H and O–H groups in total. The molecule has 1 fully saturated rings. The molecule has 0 aliphatic heterocycles. The van der Waals surface area contributed by atoms with E-state index in [1.165, 1.54) is 35.2 Å². The van der Waals surface area contributed by atoms with Gasteiger partial charge in [0.15, 0.2) is 0 Å². The molecule has 1 atom stereocenters. The van der Waals surface area contributed by atoms with Crippen molar-refractivity contribution in [1.29, 1.82) is 0 Å². The summed E-state index contributed by atoms with van der Waals surface area (Å²) in [4.78, 5) is 29.0. The molecule has 0 spiro atoms. The molecule has 4 rings (SSSR count). The van der Waals surface area contributed by atoms with Crippen LogP contribution in [0, 0.1) is 5.82 Å². The fourth-order valence-electron chi connectivity index (χ4n) is 5.20. The molecule has 2 amide bonds. The molecule has 0 bridgehead atoms. The number of anilines is 1. The van der Waals surface area contributed by atoms with Gasteiger partial charge in [0.1, 0.15) is 18.4 Å². The minimum absolute atomic E-state index is 0.00507. The molecular weight excluding hydrogens is 600 g/mol. The van der Waals surface area contributed by atoms with Crippen molar-refractivity contribution in [3.05, 3.63) is 94.2 Å². The van der Waals surface area contributed by atoms with Gasteiger partial charge in [-0.25, -0.2) is 12.8 Å². The Balaban J connectivity index is 1.74.